The highest BCUT2D eigenvalue weighted by atomic mass is 35.5. The SMILES string of the molecule is COc1ccc([C@@H](O)C(F)(F)F)cc1Cl. The Kier molecular flexibility index (Phi) is 3.46. The summed E-state index contributed by atoms with van der Waals surface area (Å²) >= 11 is 5.62. The average Bonchev–Trinajstić information content (AvgIpc) is 2.15. The number of alkyl halides is 3. The summed E-state index contributed by atoms with van der Waals surface area (Å²) in [5.74, 6) is 0.259. The molecule has 0 radical (unpaired) electrons. The molecule has 0 amide bonds. The number of methoxy groups -OCH3 is 1. The molecular formula is C9H8ClF3O2. The Balaban J connectivity index is 3.02. The molecule has 0 aliphatic carbocycles. The number of halogens is 4. The van der Waals surface area contributed by atoms with Crippen LogP contribution >= 0.6 is 11.6 Å². The van der Waals surface area contributed by atoms with E-state index in [-0.39, 0.29) is 16.3 Å². The van der Waals surface area contributed by atoms with Crippen molar-refractivity contribution in [2.45, 2.75) is 12.3 Å². The lowest BCUT2D eigenvalue weighted by Crippen LogP contribution is -2.20. The van der Waals surface area contributed by atoms with Crippen LogP contribution in [0.2, 0.25) is 5.02 Å². The van der Waals surface area contributed by atoms with Crippen LogP contribution in [0, 0.1) is 0 Å². The molecule has 0 heterocycles. The highest BCUT2D eigenvalue weighted by Crippen LogP contribution is 2.35. The average molecular weight is 241 g/mol. The van der Waals surface area contributed by atoms with Crippen LogP contribution in [0.1, 0.15) is 11.7 Å². The van der Waals surface area contributed by atoms with Gasteiger partial charge in [0.1, 0.15) is 5.75 Å². The maximum Gasteiger partial charge on any atom is 0.418 e. The summed E-state index contributed by atoms with van der Waals surface area (Å²) in [5.41, 5.74) is -0.312. The molecule has 6 heteroatoms. The highest BCUT2D eigenvalue weighted by Gasteiger charge is 2.39. The first-order valence-electron chi connectivity index (χ1n) is 3.94. The van der Waals surface area contributed by atoms with Crippen molar-refractivity contribution in [1.82, 2.24) is 0 Å². The van der Waals surface area contributed by atoms with Gasteiger partial charge in [-0.2, -0.15) is 13.2 Å². The van der Waals surface area contributed by atoms with Gasteiger partial charge in [-0.1, -0.05) is 17.7 Å². The van der Waals surface area contributed by atoms with Crippen LogP contribution in [-0.4, -0.2) is 18.4 Å². The van der Waals surface area contributed by atoms with Gasteiger partial charge in [-0.05, 0) is 17.7 Å². The second-order valence-electron chi connectivity index (χ2n) is 2.84. The van der Waals surface area contributed by atoms with Gasteiger partial charge in [-0.3, -0.25) is 0 Å². The molecule has 0 bridgehead atoms. The lowest BCUT2D eigenvalue weighted by molar-refractivity contribution is -0.206. The lowest BCUT2D eigenvalue weighted by Gasteiger charge is -2.15. The quantitative estimate of drug-likeness (QED) is 0.861. The zero-order chi connectivity index (χ0) is 11.6. The van der Waals surface area contributed by atoms with Crippen LogP contribution in [0.3, 0.4) is 0 Å². The molecule has 1 rings (SSSR count). The molecule has 0 unspecified atom stereocenters. The largest absolute Gasteiger partial charge is 0.495 e. The van der Waals surface area contributed by atoms with E-state index in [1.807, 2.05) is 0 Å². The number of rotatable bonds is 2. The number of aliphatic hydroxyl groups excluding tert-OH is 1. The molecule has 1 atom stereocenters. The van der Waals surface area contributed by atoms with Crippen LogP contribution in [-0.2, 0) is 0 Å². The third-order valence-corrected chi connectivity index (χ3v) is 2.10. The highest BCUT2D eigenvalue weighted by molar-refractivity contribution is 6.32. The fourth-order valence-corrected chi connectivity index (χ4v) is 1.31. The van der Waals surface area contributed by atoms with Crippen molar-refractivity contribution in [3.8, 4) is 5.75 Å². The Morgan fingerprint density at radius 1 is 1.40 bits per heavy atom. The van der Waals surface area contributed by atoms with Crippen LogP contribution in [0.25, 0.3) is 0 Å². The van der Waals surface area contributed by atoms with Gasteiger partial charge < -0.3 is 9.84 Å². The number of hydrogen-bond donors (Lipinski definition) is 1. The molecule has 0 spiro atoms. The van der Waals surface area contributed by atoms with Crippen molar-refractivity contribution >= 4 is 11.6 Å². The van der Waals surface area contributed by atoms with Crippen molar-refractivity contribution in [1.29, 1.82) is 0 Å². The summed E-state index contributed by atoms with van der Waals surface area (Å²) in [6, 6.07) is 3.41. The van der Waals surface area contributed by atoms with E-state index in [1.165, 1.54) is 13.2 Å². The first-order chi connectivity index (χ1) is 6.86. The fourth-order valence-electron chi connectivity index (χ4n) is 1.04. The second kappa shape index (κ2) is 4.28. The minimum atomic E-state index is -4.70. The molecular weight excluding hydrogens is 233 g/mol. The van der Waals surface area contributed by atoms with Gasteiger partial charge in [0.25, 0.3) is 0 Å². The van der Waals surface area contributed by atoms with E-state index in [0.29, 0.717) is 0 Å². The third-order valence-electron chi connectivity index (χ3n) is 1.80. The fraction of sp³-hybridized carbons (Fsp3) is 0.333. The number of ether oxygens (including phenoxy) is 1. The van der Waals surface area contributed by atoms with Crippen LogP contribution < -0.4 is 4.74 Å². The smallest absolute Gasteiger partial charge is 0.418 e. The van der Waals surface area contributed by atoms with E-state index in [4.69, 9.17) is 21.4 Å². The zero-order valence-electron chi connectivity index (χ0n) is 7.68. The molecule has 0 saturated heterocycles. The van der Waals surface area contributed by atoms with Gasteiger partial charge in [-0.25, -0.2) is 0 Å². The van der Waals surface area contributed by atoms with Gasteiger partial charge in [0.2, 0.25) is 0 Å². The minimum Gasteiger partial charge on any atom is -0.495 e. The molecule has 0 aromatic heterocycles. The molecule has 0 aliphatic rings. The molecule has 0 saturated carbocycles. The van der Waals surface area contributed by atoms with Crippen LogP contribution in [0.5, 0.6) is 5.75 Å². The normalized spacial score (nSPS) is 13.7. The first kappa shape index (κ1) is 12.1. The summed E-state index contributed by atoms with van der Waals surface area (Å²) in [6.45, 7) is 0. The van der Waals surface area contributed by atoms with Gasteiger partial charge in [0.05, 0.1) is 12.1 Å². The van der Waals surface area contributed by atoms with Gasteiger partial charge >= 0.3 is 6.18 Å². The summed E-state index contributed by atoms with van der Waals surface area (Å²) in [4.78, 5) is 0. The van der Waals surface area contributed by atoms with Crippen molar-refractivity contribution in [3.05, 3.63) is 28.8 Å². The molecule has 2 nitrogen and oxygen atoms in total. The maximum atomic E-state index is 12.1. The predicted molar refractivity (Wildman–Crippen MR) is 49.0 cm³/mol. The number of hydrogen-bond acceptors (Lipinski definition) is 2. The molecule has 1 N–H and O–H groups in total. The number of benzene rings is 1. The Bertz CT molecular complexity index is 352. The lowest BCUT2D eigenvalue weighted by atomic mass is 10.1. The van der Waals surface area contributed by atoms with Crippen molar-refractivity contribution < 1.29 is 23.0 Å². The molecule has 0 fully saturated rings. The summed E-state index contributed by atoms with van der Waals surface area (Å²) in [6.07, 6.45) is -7.22. The zero-order valence-corrected chi connectivity index (χ0v) is 8.43. The van der Waals surface area contributed by atoms with Gasteiger partial charge in [0.15, 0.2) is 6.10 Å². The van der Waals surface area contributed by atoms with E-state index >= 15 is 0 Å². The van der Waals surface area contributed by atoms with Crippen molar-refractivity contribution in [3.63, 3.8) is 0 Å². The van der Waals surface area contributed by atoms with Gasteiger partial charge in [-0.15, -0.1) is 0 Å². The van der Waals surface area contributed by atoms with Gasteiger partial charge in [0, 0.05) is 0 Å². The monoisotopic (exact) mass is 240 g/mol. The Morgan fingerprint density at radius 2 is 2.00 bits per heavy atom. The Morgan fingerprint density at radius 3 is 2.40 bits per heavy atom. The molecule has 1 aromatic rings. The third kappa shape index (κ3) is 2.76. The topological polar surface area (TPSA) is 29.5 Å². The Labute approximate surface area is 89.2 Å². The summed E-state index contributed by atoms with van der Waals surface area (Å²) in [5, 5.41) is 8.95. The molecule has 0 aliphatic heterocycles. The summed E-state index contributed by atoms with van der Waals surface area (Å²) < 4.78 is 41.1. The van der Waals surface area contributed by atoms with Crippen LogP contribution in [0.15, 0.2) is 18.2 Å². The standard InChI is InChI=1S/C9H8ClF3O2/c1-15-7-3-2-5(4-6(7)10)8(14)9(11,12)13/h2-4,8,14H,1H3/t8-/m1/s1. The minimum absolute atomic E-state index is 0.0262. The predicted octanol–water partition coefficient (Wildman–Crippen LogP) is 2.94. The Hall–Kier alpha value is -0.940. The molecule has 15 heavy (non-hydrogen) atoms. The van der Waals surface area contributed by atoms with Crippen molar-refractivity contribution in [2.24, 2.45) is 0 Å². The molecule has 84 valence electrons. The molecule has 1 aromatic carbocycles. The number of aliphatic hydroxyl groups is 1. The summed E-state index contributed by atoms with van der Waals surface area (Å²) in [7, 11) is 1.35. The van der Waals surface area contributed by atoms with Crippen molar-refractivity contribution in [2.75, 3.05) is 7.11 Å². The van der Waals surface area contributed by atoms with E-state index < -0.39 is 12.3 Å². The second-order valence-corrected chi connectivity index (χ2v) is 3.25. The first-order valence-corrected chi connectivity index (χ1v) is 4.32. The maximum absolute atomic E-state index is 12.1. The van der Waals surface area contributed by atoms with E-state index in [9.17, 15) is 13.2 Å². The van der Waals surface area contributed by atoms with E-state index in [1.54, 1.807) is 0 Å². The van der Waals surface area contributed by atoms with E-state index in [0.717, 1.165) is 12.1 Å². The van der Waals surface area contributed by atoms with E-state index in [2.05, 4.69) is 0 Å². The van der Waals surface area contributed by atoms with Crippen LogP contribution in [0.4, 0.5) is 13.2 Å².